The second-order valence-corrected chi connectivity index (χ2v) is 11.2. The number of nitrogens with zero attached hydrogens (tertiary/aromatic N) is 1. The first kappa shape index (κ1) is 29.1. The molecule has 4 atom stereocenters. The maximum atomic E-state index is 13.1. The third kappa shape index (κ3) is 4.97. The summed E-state index contributed by atoms with van der Waals surface area (Å²) in [6.07, 6.45) is 5.49. The molecule has 0 aromatic carbocycles. The van der Waals surface area contributed by atoms with Crippen LogP contribution in [-0.2, 0) is 23.9 Å². The van der Waals surface area contributed by atoms with Gasteiger partial charge in [-0.05, 0) is 82.1 Å². The zero-order chi connectivity index (χ0) is 28.7. The molecule has 2 fully saturated rings. The number of ketones is 1. The van der Waals surface area contributed by atoms with Crippen molar-refractivity contribution in [1.29, 1.82) is 0 Å². The Morgan fingerprint density at radius 3 is 2.54 bits per heavy atom. The summed E-state index contributed by atoms with van der Waals surface area (Å²) >= 11 is 0. The fourth-order valence-electron chi connectivity index (χ4n) is 6.28. The van der Waals surface area contributed by atoms with Crippen LogP contribution in [0.15, 0.2) is 33.9 Å². The van der Waals surface area contributed by atoms with Gasteiger partial charge in [-0.2, -0.15) is 0 Å². The topological polar surface area (TPSA) is 179 Å². The largest absolute Gasteiger partial charge is 0.464 e. The smallest absolute Gasteiger partial charge is 0.328 e. The van der Waals surface area contributed by atoms with E-state index in [0.29, 0.717) is 31.3 Å². The monoisotopic (exact) mass is 545 g/mol. The molecule has 0 radical (unpaired) electrons. The fourth-order valence-corrected chi connectivity index (χ4v) is 6.28. The molecule has 4 rings (SSSR count). The van der Waals surface area contributed by atoms with Crippen LogP contribution in [0.5, 0.6) is 0 Å². The average Bonchev–Trinajstić information content (AvgIpc) is 3.48. The number of rotatable bonds is 10. The van der Waals surface area contributed by atoms with Crippen molar-refractivity contribution in [3.8, 4) is 0 Å². The van der Waals surface area contributed by atoms with E-state index in [1.807, 2.05) is 19.9 Å². The molecule has 0 aromatic heterocycles. The SMILES string of the molecule is CC1=C(CCCOC(=O)[C@@H]2CCCN2C(=O)[C@H](CO)NC(=O)[C@@H](N)CO)C2=C(C)C3(CC3)[C@@](C)(O)C(=O)C2=C1. The highest BCUT2D eigenvalue weighted by molar-refractivity contribution is 6.10. The van der Waals surface area contributed by atoms with Gasteiger partial charge in [-0.25, -0.2) is 4.79 Å². The van der Waals surface area contributed by atoms with Gasteiger partial charge in [0.25, 0.3) is 0 Å². The molecule has 1 heterocycles. The molecule has 39 heavy (non-hydrogen) atoms. The molecule has 6 N–H and O–H groups in total. The van der Waals surface area contributed by atoms with Crippen LogP contribution in [0.3, 0.4) is 0 Å². The van der Waals surface area contributed by atoms with Crippen molar-refractivity contribution in [2.24, 2.45) is 11.1 Å². The van der Waals surface area contributed by atoms with Crippen LogP contribution >= 0.6 is 0 Å². The first-order valence-electron chi connectivity index (χ1n) is 13.6. The number of ether oxygens (including phenoxy) is 1. The first-order valence-corrected chi connectivity index (χ1v) is 13.6. The number of amides is 2. The number of carbonyl (C=O) groups excluding carboxylic acids is 4. The van der Waals surface area contributed by atoms with Crippen molar-refractivity contribution >= 4 is 23.6 Å². The lowest BCUT2D eigenvalue weighted by atomic mass is 9.67. The molecule has 1 aliphatic heterocycles. The quantitative estimate of drug-likeness (QED) is 0.183. The second-order valence-electron chi connectivity index (χ2n) is 11.2. The summed E-state index contributed by atoms with van der Waals surface area (Å²) in [6.45, 7) is 4.68. The third-order valence-corrected chi connectivity index (χ3v) is 8.82. The van der Waals surface area contributed by atoms with E-state index in [1.165, 1.54) is 4.90 Å². The van der Waals surface area contributed by atoms with Gasteiger partial charge in [0, 0.05) is 17.5 Å². The van der Waals surface area contributed by atoms with Crippen LogP contribution in [0.1, 0.15) is 59.3 Å². The molecule has 0 aromatic rings. The Bertz CT molecular complexity index is 1160. The molecule has 1 spiro atoms. The highest BCUT2D eigenvalue weighted by atomic mass is 16.5. The molecular weight excluding hydrogens is 506 g/mol. The lowest BCUT2D eigenvalue weighted by molar-refractivity contribution is -0.154. The van der Waals surface area contributed by atoms with Crippen LogP contribution in [-0.4, -0.2) is 93.9 Å². The number of nitrogens with two attached hydrogens (primary N) is 1. The standard InChI is InChI=1S/C28H39N3O8/c1-15-12-18-22(16(2)28(8-9-28)27(3,38)23(18)34)17(15)6-5-11-39-26(37)21-7-4-10-31(21)25(36)20(14-33)30-24(35)19(29)13-32/h12,19-21,32-33,38H,4-11,13-14,29H2,1-3H3,(H,30,35)/t19-,20-,21-,27-/m0/s1. The molecule has 0 bridgehead atoms. The lowest BCUT2D eigenvalue weighted by Gasteiger charge is -2.39. The van der Waals surface area contributed by atoms with E-state index in [4.69, 9.17) is 15.6 Å². The molecule has 0 unspecified atom stereocenters. The van der Waals surface area contributed by atoms with E-state index in [2.05, 4.69) is 5.32 Å². The predicted molar refractivity (Wildman–Crippen MR) is 140 cm³/mol. The van der Waals surface area contributed by atoms with Crippen LogP contribution in [0.25, 0.3) is 0 Å². The summed E-state index contributed by atoms with van der Waals surface area (Å²) in [5.41, 5.74) is 8.12. The van der Waals surface area contributed by atoms with Crippen molar-refractivity contribution in [2.45, 2.75) is 83.0 Å². The van der Waals surface area contributed by atoms with E-state index >= 15 is 0 Å². The fraction of sp³-hybridized carbons (Fsp3) is 0.643. The number of nitrogens with one attached hydrogen (secondary N) is 1. The van der Waals surface area contributed by atoms with Crippen molar-refractivity contribution in [2.75, 3.05) is 26.4 Å². The van der Waals surface area contributed by atoms with Crippen LogP contribution in [0, 0.1) is 5.41 Å². The van der Waals surface area contributed by atoms with E-state index in [0.717, 1.165) is 35.1 Å². The molecule has 1 saturated carbocycles. The van der Waals surface area contributed by atoms with Gasteiger partial charge in [-0.1, -0.05) is 5.57 Å². The number of allylic oxidation sites excluding steroid dienone is 4. The normalized spacial score (nSPS) is 26.9. The Hall–Kier alpha value is -2.86. The molecule has 2 amide bonds. The molecule has 3 aliphatic carbocycles. The number of carbonyl (C=O) groups is 4. The number of Topliss-reactive ketones (excluding diaryl/α,β-unsaturated/α-hetero) is 1. The zero-order valence-electron chi connectivity index (χ0n) is 22.8. The minimum atomic E-state index is -1.40. The summed E-state index contributed by atoms with van der Waals surface area (Å²) < 4.78 is 5.52. The van der Waals surface area contributed by atoms with Gasteiger partial charge in [-0.3, -0.25) is 14.4 Å². The Morgan fingerprint density at radius 1 is 1.23 bits per heavy atom. The Labute approximate surface area is 227 Å². The Balaban J connectivity index is 1.34. The third-order valence-electron chi connectivity index (χ3n) is 8.82. The van der Waals surface area contributed by atoms with Crippen molar-refractivity contribution in [1.82, 2.24) is 10.2 Å². The number of hydrogen-bond acceptors (Lipinski definition) is 9. The number of aliphatic hydroxyl groups excluding tert-OH is 2. The minimum Gasteiger partial charge on any atom is -0.464 e. The lowest BCUT2D eigenvalue weighted by Crippen LogP contribution is -2.56. The molecule has 4 aliphatic rings. The van der Waals surface area contributed by atoms with Gasteiger partial charge in [0.2, 0.25) is 11.8 Å². The summed E-state index contributed by atoms with van der Waals surface area (Å²) in [5, 5.41) is 32.0. The maximum Gasteiger partial charge on any atom is 0.328 e. The van der Waals surface area contributed by atoms with Crippen molar-refractivity contribution in [3.05, 3.63) is 33.9 Å². The van der Waals surface area contributed by atoms with Gasteiger partial charge in [0.05, 0.1) is 19.8 Å². The number of fused-ring (bicyclic) bond motifs is 1. The second kappa shape index (κ2) is 11.0. The molecule has 11 nitrogen and oxygen atoms in total. The molecule has 11 heteroatoms. The van der Waals surface area contributed by atoms with E-state index in [1.54, 1.807) is 6.92 Å². The highest BCUT2D eigenvalue weighted by Crippen LogP contribution is 2.65. The van der Waals surface area contributed by atoms with Gasteiger partial charge in [0.1, 0.15) is 23.7 Å². The summed E-state index contributed by atoms with van der Waals surface area (Å²) in [7, 11) is 0. The van der Waals surface area contributed by atoms with E-state index in [9.17, 15) is 29.4 Å². The number of aliphatic hydroxyl groups is 3. The Morgan fingerprint density at radius 2 is 1.92 bits per heavy atom. The first-order chi connectivity index (χ1) is 18.4. The molecule has 1 saturated heterocycles. The van der Waals surface area contributed by atoms with E-state index in [-0.39, 0.29) is 18.9 Å². The van der Waals surface area contributed by atoms with Crippen LogP contribution < -0.4 is 11.1 Å². The Kier molecular flexibility index (Phi) is 8.18. The zero-order valence-corrected chi connectivity index (χ0v) is 22.8. The van der Waals surface area contributed by atoms with Gasteiger partial charge >= 0.3 is 5.97 Å². The maximum absolute atomic E-state index is 13.1. The number of hydrogen-bond donors (Lipinski definition) is 5. The van der Waals surface area contributed by atoms with Crippen LogP contribution in [0.4, 0.5) is 0 Å². The summed E-state index contributed by atoms with van der Waals surface area (Å²) in [5.74, 6) is -2.18. The predicted octanol–water partition coefficient (Wildman–Crippen LogP) is -0.216. The van der Waals surface area contributed by atoms with Gasteiger partial charge in [-0.15, -0.1) is 0 Å². The van der Waals surface area contributed by atoms with E-state index < -0.39 is 60.1 Å². The number of likely N-dealkylation sites (tertiary alicyclic amines) is 1. The highest BCUT2D eigenvalue weighted by Gasteiger charge is 2.65. The average molecular weight is 546 g/mol. The number of esters is 1. The molecular formula is C28H39N3O8. The van der Waals surface area contributed by atoms with Crippen molar-refractivity contribution in [3.63, 3.8) is 0 Å². The molecule has 214 valence electrons. The van der Waals surface area contributed by atoms with Crippen molar-refractivity contribution < 1.29 is 39.2 Å². The summed E-state index contributed by atoms with van der Waals surface area (Å²) in [6, 6.07) is -3.34. The van der Waals surface area contributed by atoms with Gasteiger partial charge in [0.15, 0.2) is 5.78 Å². The summed E-state index contributed by atoms with van der Waals surface area (Å²) in [4.78, 5) is 52.2. The van der Waals surface area contributed by atoms with Gasteiger partial charge < -0.3 is 36.0 Å². The van der Waals surface area contributed by atoms with Crippen LogP contribution in [0.2, 0.25) is 0 Å². The minimum absolute atomic E-state index is 0.123.